The van der Waals surface area contributed by atoms with Crippen LogP contribution in [0.2, 0.25) is 0 Å². The molecule has 0 aliphatic carbocycles. The molecular weight excluding hydrogens is 306 g/mol. The molecule has 1 unspecified atom stereocenters. The van der Waals surface area contributed by atoms with Gasteiger partial charge in [0.1, 0.15) is 0 Å². The highest BCUT2D eigenvalue weighted by Gasteiger charge is 2.33. The Morgan fingerprint density at radius 2 is 2.00 bits per heavy atom. The lowest BCUT2D eigenvalue weighted by atomic mass is 10.2. The van der Waals surface area contributed by atoms with Crippen LogP contribution in [0.25, 0.3) is 11.0 Å². The molecule has 1 aromatic carbocycles. The highest BCUT2D eigenvalue weighted by Crippen LogP contribution is 2.28. The van der Waals surface area contributed by atoms with Crippen LogP contribution >= 0.6 is 0 Å². The lowest BCUT2D eigenvalue weighted by molar-refractivity contribution is -0.795. The Balaban J connectivity index is 1.35. The van der Waals surface area contributed by atoms with Gasteiger partial charge >= 0.3 is 5.91 Å². The van der Waals surface area contributed by atoms with Crippen molar-refractivity contribution in [3.05, 3.63) is 35.7 Å². The number of para-hydroxylation sites is 1. The van der Waals surface area contributed by atoms with Gasteiger partial charge in [-0.3, -0.25) is 9.55 Å². The van der Waals surface area contributed by atoms with E-state index in [1.165, 1.54) is 0 Å². The van der Waals surface area contributed by atoms with Crippen molar-refractivity contribution in [1.29, 1.82) is 0 Å². The second kappa shape index (κ2) is 6.20. The summed E-state index contributed by atoms with van der Waals surface area (Å²) in [5, 5.41) is 13.5. The fraction of sp³-hybridized carbons (Fsp3) is 0.500. The van der Waals surface area contributed by atoms with Crippen LogP contribution in [0.3, 0.4) is 0 Å². The zero-order chi connectivity index (χ0) is 16.6. The van der Waals surface area contributed by atoms with Crippen LogP contribution in [-0.4, -0.2) is 61.3 Å². The van der Waals surface area contributed by atoms with Gasteiger partial charge in [-0.1, -0.05) is 12.1 Å². The molecule has 0 N–H and O–H groups in total. The maximum atomic E-state index is 12.4. The molecule has 1 aromatic heterocycles. The van der Waals surface area contributed by atoms with Crippen molar-refractivity contribution < 1.29 is 13.9 Å². The van der Waals surface area contributed by atoms with Gasteiger partial charge in [0.05, 0.1) is 31.5 Å². The Morgan fingerprint density at radius 1 is 1.17 bits per heavy atom. The van der Waals surface area contributed by atoms with Crippen LogP contribution in [0, 0.1) is 5.21 Å². The van der Waals surface area contributed by atoms with Gasteiger partial charge in [-0.15, -0.1) is 0 Å². The second-order valence-corrected chi connectivity index (χ2v) is 6.78. The van der Waals surface area contributed by atoms with Crippen molar-refractivity contribution in [3.8, 4) is 0 Å². The number of nitrogens with zero attached hydrogens (tertiary/aromatic N) is 3. The lowest BCUT2D eigenvalue weighted by Gasteiger charge is -2.40. The predicted molar refractivity (Wildman–Crippen MR) is 92.5 cm³/mol. The number of fused-ring (bicyclic) bond motifs is 1. The molecule has 0 spiro atoms. The van der Waals surface area contributed by atoms with Crippen molar-refractivity contribution in [2.45, 2.75) is 12.8 Å². The molecule has 0 saturated carbocycles. The molecule has 2 fully saturated rings. The van der Waals surface area contributed by atoms with Gasteiger partial charge < -0.3 is 14.5 Å². The molecule has 6 heteroatoms. The number of anilines is 1. The minimum atomic E-state index is -0.619. The first-order chi connectivity index (χ1) is 11.7. The number of carbonyl (C=O) groups is 1. The van der Waals surface area contributed by atoms with Crippen LogP contribution in [0.5, 0.6) is 0 Å². The predicted octanol–water partition coefficient (Wildman–Crippen LogP) is 2.19. The van der Waals surface area contributed by atoms with Crippen molar-refractivity contribution in [2.75, 3.05) is 50.7 Å². The first-order valence-electron chi connectivity index (χ1n) is 8.71. The van der Waals surface area contributed by atoms with E-state index in [9.17, 15) is 10.0 Å². The molecule has 3 heterocycles. The highest BCUT2D eigenvalue weighted by molar-refractivity contribution is 5.89. The summed E-state index contributed by atoms with van der Waals surface area (Å²) in [7, 11) is 0. The summed E-state index contributed by atoms with van der Waals surface area (Å²) in [6, 6.07) is 8.20. The number of hydrogen-bond acceptors (Lipinski definition) is 5. The highest BCUT2D eigenvalue weighted by atomic mass is 16.6. The average molecular weight is 329 g/mol. The molecule has 0 radical (unpaired) electrons. The molecule has 128 valence electrons. The van der Waals surface area contributed by atoms with E-state index in [1.54, 1.807) is 6.26 Å². The zero-order valence-electron chi connectivity index (χ0n) is 13.8. The molecule has 2 aliphatic rings. The third-order valence-electron chi connectivity index (χ3n) is 5.31. The van der Waals surface area contributed by atoms with Gasteiger partial charge in [0.15, 0.2) is 5.58 Å². The number of amides is 1. The number of hydrogen-bond donors (Lipinski definition) is 0. The molecule has 24 heavy (non-hydrogen) atoms. The number of furan rings is 1. The number of benzene rings is 1. The van der Waals surface area contributed by atoms with Gasteiger partial charge in [-0.2, -0.15) is 0 Å². The molecule has 0 bridgehead atoms. The van der Waals surface area contributed by atoms with E-state index in [-0.39, 0.29) is 5.91 Å². The topological polar surface area (TPSA) is 59.8 Å². The largest absolute Gasteiger partial charge is 0.625 e. The molecule has 6 nitrogen and oxygen atoms in total. The SMILES string of the molecule is O=C1CCC[N+]1([O-])CCN1CCN(c2cccc3ccoc23)CC1. The molecule has 2 saturated heterocycles. The van der Waals surface area contributed by atoms with Crippen LogP contribution in [0.1, 0.15) is 12.8 Å². The summed E-state index contributed by atoms with van der Waals surface area (Å²) in [6.45, 7) is 5.19. The first-order valence-corrected chi connectivity index (χ1v) is 8.71. The van der Waals surface area contributed by atoms with E-state index in [4.69, 9.17) is 4.42 Å². The lowest BCUT2D eigenvalue weighted by Crippen LogP contribution is -2.52. The summed E-state index contributed by atoms with van der Waals surface area (Å²) >= 11 is 0. The van der Waals surface area contributed by atoms with Crippen molar-refractivity contribution in [2.24, 2.45) is 0 Å². The minimum Gasteiger partial charge on any atom is -0.625 e. The van der Waals surface area contributed by atoms with Gasteiger partial charge in [-0.05, 0) is 12.1 Å². The van der Waals surface area contributed by atoms with Crippen LogP contribution in [0.15, 0.2) is 34.9 Å². The van der Waals surface area contributed by atoms with Gasteiger partial charge in [0.2, 0.25) is 0 Å². The standard InChI is InChI=1S/C18H23N3O3/c22-17-5-2-12-21(17,23)13-11-19-7-9-20(10-8-19)16-4-1-3-15-6-14-24-18(15)16/h1,3-4,6,14H,2,5,7-13H2. The molecule has 1 amide bonds. The average Bonchev–Trinajstić information content (AvgIpc) is 3.21. The van der Waals surface area contributed by atoms with Crippen molar-refractivity contribution in [3.63, 3.8) is 0 Å². The van der Waals surface area contributed by atoms with Crippen LogP contribution < -0.4 is 4.90 Å². The molecule has 2 aliphatic heterocycles. The quantitative estimate of drug-likeness (QED) is 0.636. The Bertz CT molecular complexity index is 736. The number of quaternary nitrogens is 1. The van der Waals surface area contributed by atoms with Crippen molar-refractivity contribution in [1.82, 2.24) is 4.90 Å². The third-order valence-corrected chi connectivity index (χ3v) is 5.31. The van der Waals surface area contributed by atoms with E-state index < -0.39 is 4.65 Å². The Labute approximate surface area is 141 Å². The Morgan fingerprint density at radius 3 is 2.75 bits per heavy atom. The summed E-state index contributed by atoms with van der Waals surface area (Å²) in [6.07, 6.45) is 2.92. The molecular formula is C18H23N3O3. The minimum absolute atomic E-state index is 0.141. The van der Waals surface area contributed by atoms with E-state index in [0.29, 0.717) is 26.1 Å². The number of hydroxylamine groups is 3. The number of piperazine rings is 1. The maximum Gasteiger partial charge on any atom is 0.313 e. The van der Waals surface area contributed by atoms with E-state index in [0.717, 1.165) is 49.3 Å². The summed E-state index contributed by atoms with van der Waals surface area (Å²) < 4.78 is 5.01. The Hall–Kier alpha value is -1.89. The van der Waals surface area contributed by atoms with E-state index in [1.807, 2.05) is 6.07 Å². The summed E-state index contributed by atoms with van der Waals surface area (Å²) in [4.78, 5) is 16.4. The second-order valence-electron chi connectivity index (χ2n) is 6.78. The van der Waals surface area contributed by atoms with Crippen LogP contribution in [0.4, 0.5) is 5.69 Å². The molecule has 1 atom stereocenters. The van der Waals surface area contributed by atoms with Crippen molar-refractivity contribution >= 4 is 22.6 Å². The third kappa shape index (κ3) is 2.81. The molecule has 2 aromatic rings. The fourth-order valence-electron chi connectivity index (χ4n) is 3.79. The maximum absolute atomic E-state index is 12.4. The van der Waals surface area contributed by atoms with Gasteiger partial charge in [-0.25, -0.2) is 4.79 Å². The number of likely N-dealkylation sites (tertiary alicyclic amines) is 1. The smallest absolute Gasteiger partial charge is 0.313 e. The number of rotatable bonds is 4. The first kappa shape index (κ1) is 15.6. The normalized spacial score (nSPS) is 25.7. The van der Waals surface area contributed by atoms with Crippen LogP contribution in [-0.2, 0) is 4.79 Å². The van der Waals surface area contributed by atoms with Gasteiger partial charge in [0.25, 0.3) is 0 Å². The summed E-state index contributed by atoms with van der Waals surface area (Å²) in [5.74, 6) is -0.141. The van der Waals surface area contributed by atoms with E-state index >= 15 is 0 Å². The zero-order valence-corrected chi connectivity index (χ0v) is 13.8. The Kier molecular flexibility index (Phi) is 4.04. The molecule has 4 rings (SSSR count). The van der Waals surface area contributed by atoms with Gasteiger partial charge in [0, 0.05) is 44.5 Å². The number of carbonyl (C=O) groups excluding carboxylic acids is 1. The van der Waals surface area contributed by atoms with E-state index in [2.05, 4.69) is 28.0 Å². The monoisotopic (exact) mass is 329 g/mol. The fourth-order valence-corrected chi connectivity index (χ4v) is 3.79. The summed E-state index contributed by atoms with van der Waals surface area (Å²) in [5.41, 5.74) is 2.08.